The molecule has 1 aromatic heterocycles. The number of anilines is 1. The quantitative estimate of drug-likeness (QED) is 0.861. The van der Waals surface area contributed by atoms with E-state index in [1.54, 1.807) is 0 Å². The Morgan fingerprint density at radius 3 is 2.81 bits per heavy atom. The first-order chi connectivity index (χ1) is 10.0. The molecule has 1 heterocycles. The number of carbonyl (C=O) groups is 2. The van der Waals surface area contributed by atoms with Gasteiger partial charge in [-0.1, -0.05) is 16.8 Å². The molecule has 0 aliphatic heterocycles. The van der Waals surface area contributed by atoms with Gasteiger partial charge in [-0.15, -0.1) is 5.10 Å². The summed E-state index contributed by atoms with van der Waals surface area (Å²) in [5.41, 5.74) is 0.167. The van der Waals surface area contributed by atoms with Gasteiger partial charge in [0.05, 0.1) is 24.0 Å². The van der Waals surface area contributed by atoms with Crippen molar-refractivity contribution in [1.82, 2.24) is 15.0 Å². The Balaban J connectivity index is 2.20. The molecule has 9 heteroatoms. The van der Waals surface area contributed by atoms with Crippen LogP contribution < -0.4 is 10.1 Å². The van der Waals surface area contributed by atoms with Gasteiger partial charge in [0.15, 0.2) is 0 Å². The van der Waals surface area contributed by atoms with Gasteiger partial charge < -0.3 is 15.2 Å². The Labute approximate surface area is 124 Å². The molecule has 0 bridgehead atoms. The van der Waals surface area contributed by atoms with Gasteiger partial charge in [0.1, 0.15) is 17.9 Å². The number of rotatable bonds is 5. The fraction of sp³-hybridized carbons (Fsp3) is 0.167. The molecule has 2 aromatic rings. The van der Waals surface area contributed by atoms with Crippen LogP contribution in [0.4, 0.5) is 5.69 Å². The van der Waals surface area contributed by atoms with Crippen LogP contribution in [-0.4, -0.2) is 39.1 Å². The van der Waals surface area contributed by atoms with E-state index in [0.717, 1.165) is 0 Å². The summed E-state index contributed by atoms with van der Waals surface area (Å²) in [6, 6.07) is 2.57. The SMILES string of the molecule is COc1cc(NC(=O)Cn2ccnn2)c(Cl)cc1C(=O)O. The minimum absolute atomic E-state index is 0.0423. The Morgan fingerprint density at radius 1 is 1.48 bits per heavy atom. The third kappa shape index (κ3) is 3.48. The second kappa shape index (κ2) is 6.23. The third-order valence-electron chi connectivity index (χ3n) is 2.57. The fourth-order valence-corrected chi connectivity index (χ4v) is 1.85. The molecule has 8 nitrogen and oxygen atoms in total. The van der Waals surface area contributed by atoms with Gasteiger partial charge in [-0.05, 0) is 6.07 Å². The molecule has 0 fully saturated rings. The first-order valence-corrected chi connectivity index (χ1v) is 6.14. The highest BCUT2D eigenvalue weighted by Gasteiger charge is 2.16. The van der Waals surface area contributed by atoms with Crippen LogP contribution in [0.5, 0.6) is 5.75 Å². The standard InChI is InChI=1S/C12H11ClN4O4/c1-21-10-5-9(8(13)4-7(10)12(19)20)15-11(18)6-17-3-2-14-16-17/h2-5H,6H2,1H3,(H,15,18)(H,19,20). The van der Waals surface area contributed by atoms with Crippen molar-refractivity contribution in [2.45, 2.75) is 6.54 Å². The number of methoxy groups -OCH3 is 1. The molecule has 1 aromatic carbocycles. The van der Waals surface area contributed by atoms with Crippen LogP contribution >= 0.6 is 11.6 Å². The average molecular weight is 311 g/mol. The molecular weight excluding hydrogens is 300 g/mol. The Bertz CT molecular complexity index is 672. The average Bonchev–Trinajstić information content (AvgIpc) is 2.93. The van der Waals surface area contributed by atoms with Crippen molar-refractivity contribution in [2.75, 3.05) is 12.4 Å². The van der Waals surface area contributed by atoms with E-state index in [4.69, 9.17) is 21.4 Å². The number of nitrogens with zero attached hydrogens (tertiary/aromatic N) is 3. The van der Waals surface area contributed by atoms with Crippen molar-refractivity contribution in [1.29, 1.82) is 0 Å². The zero-order valence-electron chi connectivity index (χ0n) is 10.9. The number of hydrogen-bond donors (Lipinski definition) is 2. The van der Waals surface area contributed by atoms with Crippen molar-refractivity contribution in [3.63, 3.8) is 0 Å². The van der Waals surface area contributed by atoms with E-state index in [-0.39, 0.29) is 34.5 Å². The van der Waals surface area contributed by atoms with Crippen molar-refractivity contribution >= 4 is 29.2 Å². The molecule has 0 radical (unpaired) electrons. The number of hydrogen-bond acceptors (Lipinski definition) is 5. The molecule has 0 atom stereocenters. The molecule has 2 N–H and O–H groups in total. The number of ether oxygens (including phenoxy) is 1. The van der Waals surface area contributed by atoms with E-state index in [0.29, 0.717) is 0 Å². The molecule has 1 amide bonds. The number of carbonyl (C=O) groups excluding carboxylic acids is 1. The smallest absolute Gasteiger partial charge is 0.339 e. The van der Waals surface area contributed by atoms with Crippen LogP contribution in [-0.2, 0) is 11.3 Å². The van der Waals surface area contributed by atoms with Crippen LogP contribution in [0.2, 0.25) is 5.02 Å². The summed E-state index contributed by atoms with van der Waals surface area (Å²) < 4.78 is 6.31. The van der Waals surface area contributed by atoms with Crippen LogP contribution in [0.3, 0.4) is 0 Å². The molecule has 0 aliphatic rings. The highest BCUT2D eigenvalue weighted by Crippen LogP contribution is 2.31. The number of amides is 1. The molecule has 0 unspecified atom stereocenters. The summed E-state index contributed by atoms with van der Waals surface area (Å²) in [6.45, 7) is -0.0423. The van der Waals surface area contributed by atoms with E-state index in [2.05, 4.69) is 15.6 Å². The molecule has 0 saturated carbocycles. The summed E-state index contributed by atoms with van der Waals surface area (Å²) in [6.07, 6.45) is 2.99. The molecule has 110 valence electrons. The number of benzene rings is 1. The monoisotopic (exact) mass is 310 g/mol. The van der Waals surface area contributed by atoms with Crippen molar-refractivity contribution in [3.05, 3.63) is 35.1 Å². The summed E-state index contributed by atoms with van der Waals surface area (Å²) >= 11 is 5.96. The zero-order chi connectivity index (χ0) is 15.4. The van der Waals surface area contributed by atoms with Gasteiger partial charge in [0, 0.05) is 12.3 Å². The van der Waals surface area contributed by atoms with Gasteiger partial charge in [-0.25, -0.2) is 9.48 Å². The molecule has 0 spiro atoms. The van der Waals surface area contributed by atoms with Gasteiger partial charge in [-0.3, -0.25) is 4.79 Å². The Kier molecular flexibility index (Phi) is 4.39. The topological polar surface area (TPSA) is 106 Å². The molecule has 0 aliphatic carbocycles. The van der Waals surface area contributed by atoms with E-state index >= 15 is 0 Å². The minimum Gasteiger partial charge on any atom is -0.496 e. The predicted octanol–water partition coefficient (Wildman–Crippen LogP) is 1.28. The lowest BCUT2D eigenvalue weighted by Crippen LogP contribution is -2.19. The van der Waals surface area contributed by atoms with E-state index in [9.17, 15) is 9.59 Å². The zero-order valence-corrected chi connectivity index (χ0v) is 11.7. The molecule has 0 saturated heterocycles. The van der Waals surface area contributed by atoms with E-state index in [1.165, 1.54) is 36.3 Å². The summed E-state index contributed by atoms with van der Waals surface area (Å²) in [7, 11) is 1.33. The Morgan fingerprint density at radius 2 is 2.24 bits per heavy atom. The first-order valence-electron chi connectivity index (χ1n) is 5.76. The largest absolute Gasteiger partial charge is 0.496 e. The minimum atomic E-state index is -1.17. The number of aromatic carboxylic acids is 1. The van der Waals surface area contributed by atoms with Gasteiger partial charge in [0.2, 0.25) is 5.91 Å². The van der Waals surface area contributed by atoms with Crippen LogP contribution in [0.1, 0.15) is 10.4 Å². The predicted molar refractivity (Wildman–Crippen MR) is 73.6 cm³/mol. The maximum absolute atomic E-state index is 11.8. The number of halogens is 1. The lowest BCUT2D eigenvalue weighted by atomic mass is 10.1. The van der Waals surface area contributed by atoms with Crippen molar-refractivity contribution < 1.29 is 19.4 Å². The van der Waals surface area contributed by atoms with Crippen LogP contribution in [0.25, 0.3) is 0 Å². The summed E-state index contributed by atoms with van der Waals surface area (Å²) in [5, 5.41) is 18.9. The van der Waals surface area contributed by atoms with E-state index < -0.39 is 5.97 Å². The summed E-state index contributed by atoms with van der Waals surface area (Å²) in [4.78, 5) is 22.9. The Hall–Kier alpha value is -2.61. The van der Waals surface area contributed by atoms with E-state index in [1.807, 2.05) is 0 Å². The number of nitrogens with one attached hydrogen (secondary N) is 1. The van der Waals surface area contributed by atoms with Gasteiger partial charge in [-0.2, -0.15) is 0 Å². The number of carboxylic acid groups (broad SMARTS) is 1. The second-order valence-corrected chi connectivity index (χ2v) is 4.39. The lowest BCUT2D eigenvalue weighted by molar-refractivity contribution is -0.116. The van der Waals surface area contributed by atoms with Crippen molar-refractivity contribution in [3.8, 4) is 5.75 Å². The third-order valence-corrected chi connectivity index (χ3v) is 2.88. The summed E-state index contributed by atoms with van der Waals surface area (Å²) in [5.74, 6) is -1.45. The second-order valence-electron chi connectivity index (χ2n) is 3.99. The van der Waals surface area contributed by atoms with Gasteiger partial charge >= 0.3 is 5.97 Å². The molecule has 21 heavy (non-hydrogen) atoms. The van der Waals surface area contributed by atoms with Crippen LogP contribution in [0.15, 0.2) is 24.5 Å². The maximum atomic E-state index is 11.8. The lowest BCUT2D eigenvalue weighted by Gasteiger charge is -2.11. The fourth-order valence-electron chi connectivity index (χ4n) is 1.64. The molecule has 2 rings (SSSR count). The number of aromatic nitrogens is 3. The van der Waals surface area contributed by atoms with Crippen LogP contribution in [0, 0.1) is 0 Å². The number of carboxylic acids is 1. The van der Waals surface area contributed by atoms with Crippen molar-refractivity contribution in [2.24, 2.45) is 0 Å². The maximum Gasteiger partial charge on any atom is 0.339 e. The highest BCUT2D eigenvalue weighted by atomic mass is 35.5. The van der Waals surface area contributed by atoms with Gasteiger partial charge in [0.25, 0.3) is 0 Å². The first kappa shape index (κ1) is 14.8. The normalized spacial score (nSPS) is 10.2. The highest BCUT2D eigenvalue weighted by molar-refractivity contribution is 6.34. The molecular formula is C12H11ClN4O4.